The second-order valence-electron chi connectivity index (χ2n) is 7.36. The van der Waals surface area contributed by atoms with Gasteiger partial charge in [0.1, 0.15) is 18.1 Å². The lowest BCUT2D eigenvalue weighted by Crippen LogP contribution is -2.25. The molecule has 0 radical (unpaired) electrons. The number of ether oxygens (including phenoxy) is 2. The number of rotatable bonds is 7. The Bertz CT molecular complexity index is 1010. The van der Waals surface area contributed by atoms with Crippen LogP contribution in [0.2, 0.25) is 0 Å². The molecule has 0 saturated heterocycles. The molecule has 4 nitrogen and oxygen atoms in total. The molecule has 150 valence electrons. The fourth-order valence-electron chi connectivity index (χ4n) is 3.64. The van der Waals surface area contributed by atoms with Crippen molar-refractivity contribution >= 4 is 17.2 Å². The molecule has 5 heteroatoms. The third-order valence-electron chi connectivity index (χ3n) is 5.29. The van der Waals surface area contributed by atoms with Crippen molar-refractivity contribution in [2.75, 3.05) is 7.11 Å². The van der Waals surface area contributed by atoms with Gasteiger partial charge in [-0.25, -0.2) is 0 Å². The van der Waals surface area contributed by atoms with Crippen LogP contribution in [0.25, 0.3) is 0 Å². The van der Waals surface area contributed by atoms with Gasteiger partial charge in [-0.2, -0.15) is 0 Å². The molecule has 1 N–H and O–H groups in total. The molecule has 29 heavy (non-hydrogen) atoms. The minimum Gasteiger partial charge on any atom is -0.497 e. The Labute approximate surface area is 175 Å². The van der Waals surface area contributed by atoms with Gasteiger partial charge in [-0.1, -0.05) is 18.2 Å². The molecule has 4 rings (SSSR count). The predicted molar refractivity (Wildman–Crippen MR) is 116 cm³/mol. The first kappa shape index (κ1) is 19.5. The van der Waals surface area contributed by atoms with Gasteiger partial charge in [-0.15, -0.1) is 11.3 Å². The fourth-order valence-corrected chi connectivity index (χ4v) is 4.44. The number of fused-ring (bicyclic) bond motifs is 1. The zero-order valence-electron chi connectivity index (χ0n) is 16.7. The van der Waals surface area contributed by atoms with Crippen molar-refractivity contribution in [1.82, 2.24) is 5.32 Å². The molecular formula is C24H25NO3S. The Hall–Kier alpha value is -2.79. The van der Waals surface area contributed by atoms with E-state index in [0.717, 1.165) is 29.0 Å². The van der Waals surface area contributed by atoms with Gasteiger partial charge < -0.3 is 14.8 Å². The number of hydrogen-bond acceptors (Lipinski definition) is 4. The highest BCUT2D eigenvalue weighted by molar-refractivity contribution is 7.12. The number of hydrogen-bond donors (Lipinski definition) is 1. The Morgan fingerprint density at radius 1 is 1.10 bits per heavy atom. The monoisotopic (exact) mass is 407 g/mol. The van der Waals surface area contributed by atoms with Crippen molar-refractivity contribution in [2.24, 2.45) is 0 Å². The topological polar surface area (TPSA) is 47.6 Å². The quantitative estimate of drug-likeness (QED) is 0.577. The molecule has 1 heterocycles. The van der Waals surface area contributed by atoms with E-state index in [1.165, 1.54) is 35.3 Å². The molecule has 1 atom stereocenters. The third-order valence-corrected chi connectivity index (χ3v) is 6.27. The summed E-state index contributed by atoms with van der Waals surface area (Å²) in [5.41, 5.74) is 4.86. The summed E-state index contributed by atoms with van der Waals surface area (Å²) >= 11 is 1.44. The number of amides is 1. The summed E-state index contributed by atoms with van der Waals surface area (Å²) in [5.74, 6) is 1.61. The molecule has 0 bridgehead atoms. The molecule has 1 unspecified atom stereocenters. The molecule has 3 aromatic rings. The van der Waals surface area contributed by atoms with Gasteiger partial charge in [0.15, 0.2) is 0 Å². The maximum absolute atomic E-state index is 12.6. The van der Waals surface area contributed by atoms with Crippen LogP contribution in [0.4, 0.5) is 0 Å². The van der Waals surface area contributed by atoms with Crippen LogP contribution in [-0.2, 0) is 19.4 Å². The summed E-state index contributed by atoms with van der Waals surface area (Å²) in [5, 5.41) is 5.04. The van der Waals surface area contributed by atoms with Crippen molar-refractivity contribution in [3.63, 3.8) is 0 Å². The normalized spacial score (nSPS) is 13.6. The summed E-state index contributed by atoms with van der Waals surface area (Å²) in [7, 11) is 1.64. The van der Waals surface area contributed by atoms with Gasteiger partial charge in [0.2, 0.25) is 0 Å². The standard InChI is InChI=1S/C24H25NO3S/c1-16(19-6-4-8-21(12-19)27-2)25-24(26)23-11-17(15-29-23)14-28-22-10-9-18-5-3-7-20(18)13-22/h4,6,8-13,15-16H,3,5,7,14H2,1-2H3,(H,25,26). The van der Waals surface area contributed by atoms with Crippen LogP contribution in [0, 0.1) is 0 Å². The highest BCUT2D eigenvalue weighted by Gasteiger charge is 2.15. The van der Waals surface area contributed by atoms with Gasteiger partial charge in [0.05, 0.1) is 18.0 Å². The van der Waals surface area contributed by atoms with Crippen molar-refractivity contribution in [3.05, 3.63) is 81.0 Å². The molecule has 1 amide bonds. The van der Waals surface area contributed by atoms with Crippen molar-refractivity contribution in [3.8, 4) is 11.5 Å². The Kier molecular flexibility index (Phi) is 5.86. The largest absolute Gasteiger partial charge is 0.497 e. The number of thiophene rings is 1. The Morgan fingerprint density at radius 3 is 2.83 bits per heavy atom. The smallest absolute Gasteiger partial charge is 0.261 e. The van der Waals surface area contributed by atoms with E-state index in [9.17, 15) is 4.79 Å². The number of aryl methyl sites for hydroxylation is 2. The second kappa shape index (κ2) is 8.70. The van der Waals surface area contributed by atoms with Crippen LogP contribution in [-0.4, -0.2) is 13.0 Å². The number of benzene rings is 2. The molecule has 0 aliphatic heterocycles. The highest BCUT2D eigenvalue weighted by Crippen LogP contribution is 2.27. The number of methoxy groups -OCH3 is 1. The number of carbonyl (C=O) groups excluding carboxylic acids is 1. The first-order valence-corrected chi connectivity index (χ1v) is 10.8. The van der Waals surface area contributed by atoms with E-state index in [1.807, 2.05) is 48.7 Å². The van der Waals surface area contributed by atoms with Crippen LogP contribution >= 0.6 is 11.3 Å². The highest BCUT2D eigenvalue weighted by atomic mass is 32.1. The molecule has 1 aliphatic carbocycles. The van der Waals surface area contributed by atoms with Crippen LogP contribution in [0.15, 0.2) is 53.9 Å². The molecular weight excluding hydrogens is 382 g/mol. The second-order valence-corrected chi connectivity index (χ2v) is 8.27. The summed E-state index contributed by atoms with van der Waals surface area (Å²) < 4.78 is 11.2. The third kappa shape index (κ3) is 4.62. The Balaban J connectivity index is 1.35. The van der Waals surface area contributed by atoms with E-state index in [2.05, 4.69) is 17.4 Å². The Morgan fingerprint density at radius 2 is 1.97 bits per heavy atom. The number of carbonyl (C=O) groups is 1. The van der Waals surface area contributed by atoms with Crippen LogP contribution < -0.4 is 14.8 Å². The lowest BCUT2D eigenvalue weighted by Gasteiger charge is -2.14. The van der Waals surface area contributed by atoms with Crippen LogP contribution in [0.1, 0.15) is 51.3 Å². The predicted octanol–water partition coefficient (Wildman–Crippen LogP) is 5.32. The molecule has 1 aliphatic rings. The van der Waals surface area contributed by atoms with E-state index in [4.69, 9.17) is 9.47 Å². The minimum absolute atomic E-state index is 0.0749. The van der Waals surface area contributed by atoms with Crippen LogP contribution in [0.5, 0.6) is 11.5 Å². The van der Waals surface area contributed by atoms with Gasteiger partial charge in [0.25, 0.3) is 5.91 Å². The lowest BCUT2D eigenvalue weighted by molar-refractivity contribution is 0.0944. The maximum Gasteiger partial charge on any atom is 0.261 e. The summed E-state index contributed by atoms with van der Waals surface area (Å²) in [6, 6.07) is 15.9. The van der Waals surface area contributed by atoms with Gasteiger partial charge in [0, 0.05) is 5.56 Å². The average molecular weight is 408 g/mol. The zero-order chi connectivity index (χ0) is 20.2. The van der Waals surface area contributed by atoms with Crippen LogP contribution in [0.3, 0.4) is 0 Å². The van der Waals surface area contributed by atoms with E-state index in [1.54, 1.807) is 7.11 Å². The molecule has 2 aromatic carbocycles. The average Bonchev–Trinajstić information content (AvgIpc) is 3.41. The summed E-state index contributed by atoms with van der Waals surface area (Å²) in [6.07, 6.45) is 3.55. The fraction of sp³-hybridized carbons (Fsp3) is 0.292. The first-order chi connectivity index (χ1) is 14.1. The lowest BCUT2D eigenvalue weighted by atomic mass is 10.1. The summed E-state index contributed by atoms with van der Waals surface area (Å²) in [4.78, 5) is 13.3. The van der Waals surface area contributed by atoms with Gasteiger partial charge in [-0.05, 0) is 78.6 Å². The van der Waals surface area contributed by atoms with Crippen molar-refractivity contribution < 1.29 is 14.3 Å². The van der Waals surface area contributed by atoms with E-state index in [-0.39, 0.29) is 11.9 Å². The SMILES string of the molecule is COc1cccc(C(C)NC(=O)c2cc(COc3ccc4c(c3)CCC4)cs2)c1. The van der Waals surface area contributed by atoms with E-state index in [0.29, 0.717) is 11.5 Å². The van der Waals surface area contributed by atoms with E-state index < -0.39 is 0 Å². The zero-order valence-corrected chi connectivity index (χ0v) is 17.6. The van der Waals surface area contributed by atoms with E-state index >= 15 is 0 Å². The van der Waals surface area contributed by atoms with Gasteiger partial charge >= 0.3 is 0 Å². The molecule has 0 spiro atoms. The minimum atomic E-state index is -0.106. The molecule has 1 aromatic heterocycles. The van der Waals surface area contributed by atoms with Gasteiger partial charge in [-0.3, -0.25) is 4.79 Å². The first-order valence-electron chi connectivity index (χ1n) is 9.89. The molecule has 0 saturated carbocycles. The van der Waals surface area contributed by atoms with Crippen molar-refractivity contribution in [2.45, 2.75) is 38.8 Å². The molecule has 0 fully saturated rings. The number of nitrogens with one attached hydrogen (secondary N) is 1. The maximum atomic E-state index is 12.6. The summed E-state index contributed by atoms with van der Waals surface area (Å²) in [6.45, 7) is 2.44. The van der Waals surface area contributed by atoms with Crippen molar-refractivity contribution in [1.29, 1.82) is 0 Å².